The van der Waals surface area contributed by atoms with Crippen molar-refractivity contribution in [2.45, 2.75) is 399 Å². The Bertz CT molecular complexity index is 1400. The Labute approximate surface area is 505 Å². The third-order valence-electron chi connectivity index (χ3n) is 16.3. The lowest BCUT2D eigenvalue weighted by molar-refractivity contribution is -0.167. The molecule has 0 N–H and O–H groups in total. The fourth-order valence-corrected chi connectivity index (χ4v) is 10.8. The first-order valence-corrected chi connectivity index (χ1v) is 36.1. The van der Waals surface area contributed by atoms with Gasteiger partial charge in [0.15, 0.2) is 6.10 Å². The summed E-state index contributed by atoms with van der Waals surface area (Å²) in [5.74, 6) is -0.858. The fraction of sp³-hybridized carbons (Fsp3) is 0.853. The van der Waals surface area contributed by atoms with Gasteiger partial charge < -0.3 is 14.2 Å². The van der Waals surface area contributed by atoms with Crippen molar-refractivity contribution in [2.75, 3.05) is 13.2 Å². The van der Waals surface area contributed by atoms with Gasteiger partial charge in [0.1, 0.15) is 13.2 Å². The summed E-state index contributed by atoms with van der Waals surface area (Å²) in [4.78, 5) is 38.4. The molecule has 0 aromatic rings. The molecule has 474 valence electrons. The second-order valence-corrected chi connectivity index (χ2v) is 24.5. The van der Waals surface area contributed by atoms with Crippen molar-refractivity contribution in [3.05, 3.63) is 48.6 Å². The van der Waals surface area contributed by atoms with Crippen LogP contribution in [-0.4, -0.2) is 37.2 Å². The molecule has 0 radical (unpaired) electrons. The summed E-state index contributed by atoms with van der Waals surface area (Å²) in [5.41, 5.74) is 0. The average Bonchev–Trinajstić information content (AvgIpc) is 3.46. The molecule has 0 spiro atoms. The number of ether oxygens (including phenoxy) is 3. The normalized spacial score (nSPS) is 12.3. The maximum atomic E-state index is 12.9. The van der Waals surface area contributed by atoms with Crippen LogP contribution >= 0.6 is 0 Å². The fourth-order valence-electron chi connectivity index (χ4n) is 10.8. The Kier molecular flexibility index (Phi) is 67.6. The Morgan fingerprint density at radius 2 is 0.444 bits per heavy atom. The molecule has 0 fully saturated rings. The summed E-state index contributed by atoms with van der Waals surface area (Å²) < 4.78 is 17.0. The van der Waals surface area contributed by atoms with E-state index in [1.54, 1.807) is 0 Å². The Balaban J connectivity index is 4.17. The summed E-state index contributed by atoms with van der Waals surface area (Å²) >= 11 is 0. The van der Waals surface area contributed by atoms with Gasteiger partial charge in [-0.3, -0.25) is 14.4 Å². The lowest BCUT2D eigenvalue weighted by Crippen LogP contribution is -2.30. The van der Waals surface area contributed by atoms with Crippen molar-refractivity contribution in [2.24, 2.45) is 0 Å². The minimum atomic E-state index is -0.776. The standard InChI is InChI=1S/C75H138O6/c1-4-7-10-13-16-19-22-25-27-29-31-32-33-34-35-36-37-38-39-40-41-42-44-45-47-50-53-56-59-62-65-68-74(77)80-71-72(70-79-73(76)67-64-61-58-55-52-49-24-21-18-15-12-9-6-3)81-75(78)69-66-63-60-57-54-51-48-46-43-30-28-26-23-20-17-14-11-8-5-2/h21-22,24-26,28-29,31,72H,4-20,23,27,30,32-71H2,1-3H3/b24-21-,25-22-,28-26-,31-29-. The van der Waals surface area contributed by atoms with E-state index < -0.39 is 6.10 Å². The average molecular weight is 1140 g/mol. The number of carbonyl (C=O) groups is 3. The highest BCUT2D eigenvalue weighted by molar-refractivity contribution is 5.71. The number of esters is 3. The zero-order chi connectivity index (χ0) is 58.5. The second-order valence-electron chi connectivity index (χ2n) is 24.5. The van der Waals surface area contributed by atoms with Gasteiger partial charge in [0, 0.05) is 19.3 Å². The van der Waals surface area contributed by atoms with Crippen LogP contribution in [0.5, 0.6) is 0 Å². The quantitative estimate of drug-likeness (QED) is 0.0261. The summed E-state index contributed by atoms with van der Waals surface area (Å²) in [6.45, 7) is 6.66. The molecule has 0 amide bonds. The first kappa shape index (κ1) is 78.4. The number of unbranched alkanes of at least 4 members (excludes halogenated alkanes) is 48. The van der Waals surface area contributed by atoms with Crippen LogP contribution < -0.4 is 0 Å². The molecule has 1 unspecified atom stereocenters. The highest BCUT2D eigenvalue weighted by Crippen LogP contribution is 2.18. The number of hydrogen-bond donors (Lipinski definition) is 0. The van der Waals surface area contributed by atoms with Crippen molar-refractivity contribution >= 4 is 17.9 Å². The van der Waals surface area contributed by atoms with Gasteiger partial charge in [0.2, 0.25) is 0 Å². The summed E-state index contributed by atoms with van der Waals surface area (Å²) in [6.07, 6.45) is 88.6. The van der Waals surface area contributed by atoms with Crippen molar-refractivity contribution in [3.63, 3.8) is 0 Å². The van der Waals surface area contributed by atoms with Crippen LogP contribution in [0.2, 0.25) is 0 Å². The summed E-state index contributed by atoms with van der Waals surface area (Å²) in [7, 11) is 0. The summed E-state index contributed by atoms with van der Waals surface area (Å²) in [6, 6.07) is 0. The summed E-state index contributed by atoms with van der Waals surface area (Å²) in [5, 5.41) is 0. The molecule has 0 aromatic carbocycles. The molecule has 0 saturated carbocycles. The van der Waals surface area contributed by atoms with Crippen LogP contribution in [0, 0.1) is 0 Å². The molecule has 0 aliphatic carbocycles. The van der Waals surface area contributed by atoms with E-state index in [9.17, 15) is 14.4 Å². The number of hydrogen-bond acceptors (Lipinski definition) is 6. The first-order valence-electron chi connectivity index (χ1n) is 36.1. The topological polar surface area (TPSA) is 78.9 Å². The molecule has 6 nitrogen and oxygen atoms in total. The van der Waals surface area contributed by atoms with Crippen LogP contribution in [0.4, 0.5) is 0 Å². The predicted molar refractivity (Wildman–Crippen MR) is 353 cm³/mol. The van der Waals surface area contributed by atoms with E-state index in [2.05, 4.69) is 69.4 Å². The molecule has 0 aliphatic rings. The smallest absolute Gasteiger partial charge is 0.306 e. The monoisotopic (exact) mass is 1140 g/mol. The van der Waals surface area contributed by atoms with Crippen LogP contribution in [0.3, 0.4) is 0 Å². The Morgan fingerprint density at radius 3 is 0.704 bits per heavy atom. The number of carbonyl (C=O) groups excluding carboxylic acids is 3. The maximum absolute atomic E-state index is 12.9. The van der Waals surface area contributed by atoms with Gasteiger partial charge in [0.25, 0.3) is 0 Å². The van der Waals surface area contributed by atoms with Gasteiger partial charge in [0.05, 0.1) is 0 Å². The molecule has 0 bridgehead atoms. The molecule has 0 rings (SSSR count). The molecule has 6 heteroatoms. The number of allylic oxidation sites excluding steroid dienone is 8. The zero-order valence-corrected chi connectivity index (χ0v) is 54.6. The minimum absolute atomic E-state index is 0.0721. The van der Waals surface area contributed by atoms with Crippen LogP contribution in [0.15, 0.2) is 48.6 Å². The van der Waals surface area contributed by atoms with E-state index in [-0.39, 0.29) is 31.1 Å². The largest absolute Gasteiger partial charge is 0.462 e. The van der Waals surface area contributed by atoms with Gasteiger partial charge in [-0.05, 0) is 103 Å². The van der Waals surface area contributed by atoms with Gasteiger partial charge in [-0.2, -0.15) is 0 Å². The molecule has 0 heterocycles. The van der Waals surface area contributed by atoms with Crippen molar-refractivity contribution < 1.29 is 28.6 Å². The SMILES string of the molecule is CCCCCC/C=C\CCCCCCCC(=O)OCC(COC(=O)CCCCCCCCCCCCCCCCCCCCC/C=C\C/C=C\CCCCCCC)OC(=O)CCCCCCCCCCC/C=C\CCCCCCCC. The minimum Gasteiger partial charge on any atom is -0.462 e. The van der Waals surface area contributed by atoms with E-state index >= 15 is 0 Å². The van der Waals surface area contributed by atoms with Crippen molar-refractivity contribution in [1.29, 1.82) is 0 Å². The van der Waals surface area contributed by atoms with Crippen LogP contribution in [-0.2, 0) is 28.6 Å². The molecular formula is C75H138O6. The van der Waals surface area contributed by atoms with Crippen LogP contribution in [0.25, 0.3) is 0 Å². The van der Waals surface area contributed by atoms with Crippen molar-refractivity contribution in [1.82, 2.24) is 0 Å². The lowest BCUT2D eigenvalue weighted by atomic mass is 10.0. The molecule has 0 saturated heterocycles. The van der Waals surface area contributed by atoms with E-state index in [0.717, 1.165) is 70.6 Å². The molecule has 1 atom stereocenters. The van der Waals surface area contributed by atoms with E-state index in [1.165, 1.54) is 283 Å². The first-order chi connectivity index (χ1) is 40.0. The Hall–Kier alpha value is -2.63. The van der Waals surface area contributed by atoms with Crippen molar-refractivity contribution in [3.8, 4) is 0 Å². The van der Waals surface area contributed by atoms with Crippen LogP contribution in [0.1, 0.15) is 393 Å². The maximum Gasteiger partial charge on any atom is 0.306 e. The second kappa shape index (κ2) is 69.9. The van der Waals surface area contributed by atoms with Gasteiger partial charge in [-0.15, -0.1) is 0 Å². The van der Waals surface area contributed by atoms with E-state index in [0.29, 0.717) is 19.3 Å². The Morgan fingerprint density at radius 1 is 0.247 bits per heavy atom. The van der Waals surface area contributed by atoms with Gasteiger partial charge >= 0.3 is 17.9 Å². The van der Waals surface area contributed by atoms with E-state index in [4.69, 9.17) is 14.2 Å². The number of rotatable bonds is 67. The zero-order valence-electron chi connectivity index (χ0n) is 54.6. The lowest BCUT2D eigenvalue weighted by Gasteiger charge is -2.18. The molecular weight excluding hydrogens is 997 g/mol. The third kappa shape index (κ3) is 68.0. The predicted octanol–water partition coefficient (Wildman–Crippen LogP) is 24.9. The molecule has 0 aliphatic heterocycles. The van der Waals surface area contributed by atoms with E-state index in [1.807, 2.05) is 0 Å². The van der Waals surface area contributed by atoms with Gasteiger partial charge in [-0.1, -0.05) is 320 Å². The molecule has 0 aromatic heterocycles. The molecule has 81 heavy (non-hydrogen) atoms. The third-order valence-corrected chi connectivity index (χ3v) is 16.3. The highest BCUT2D eigenvalue weighted by atomic mass is 16.6. The highest BCUT2D eigenvalue weighted by Gasteiger charge is 2.19. The van der Waals surface area contributed by atoms with Gasteiger partial charge in [-0.25, -0.2) is 0 Å².